The lowest BCUT2D eigenvalue weighted by atomic mass is 10.0. The van der Waals surface area contributed by atoms with Crippen molar-refractivity contribution >= 4 is 35.6 Å². The summed E-state index contributed by atoms with van der Waals surface area (Å²) in [5.74, 6) is 0.911. The van der Waals surface area contributed by atoms with Gasteiger partial charge in [0.2, 0.25) is 0 Å². The number of hydrogen-bond donors (Lipinski definition) is 2. The summed E-state index contributed by atoms with van der Waals surface area (Å²) in [6.45, 7) is 6.82. The van der Waals surface area contributed by atoms with E-state index >= 15 is 0 Å². The van der Waals surface area contributed by atoms with Crippen LogP contribution >= 0.6 is 24.0 Å². The smallest absolute Gasteiger partial charge is 0.191 e. The van der Waals surface area contributed by atoms with Crippen LogP contribution in [-0.2, 0) is 4.74 Å². The molecule has 1 fully saturated rings. The Morgan fingerprint density at radius 2 is 2.11 bits per heavy atom. The number of ether oxygens (including phenoxy) is 1. The fourth-order valence-electron chi connectivity index (χ4n) is 3.61. The van der Waals surface area contributed by atoms with Gasteiger partial charge in [-0.25, -0.2) is 0 Å². The second-order valence-electron chi connectivity index (χ2n) is 7.20. The van der Waals surface area contributed by atoms with Crippen LogP contribution in [0, 0.1) is 6.92 Å². The van der Waals surface area contributed by atoms with Crippen LogP contribution in [0.25, 0.3) is 0 Å². The molecule has 0 radical (unpaired) electrons. The highest BCUT2D eigenvalue weighted by Crippen LogP contribution is 2.20. The minimum atomic E-state index is 0. The lowest BCUT2D eigenvalue weighted by Gasteiger charge is -2.35. The SMILES string of the molecule is CN=C(NCCC1=CCOCC1)NC1CCCN(c2ccc(C)cc2)C1.I. The highest BCUT2D eigenvalue weighted by atomic mass is 127. The van der Waals surface area contributed by atoms with Crippen LogP contribution in [0.3, 0.4) is 0 Å². The Morgan fingerprint density at radius 1 is 1.30 bits per heavy atom. The Hall–Kier alpha value is -1.28. The van der Waals surface area contributed by atoms with Gasteiger partial charge in [0.05, 0.1) is 13.2 Å². The van der Waals surface area contributed by atoms with Crippen molar-refractivity contribution < 1.29 is 4.74 Å². The van der Waals surface area contributed by atoms with Gasteiger partial charge in [0, 0.05) is 38.4 Å². The quantitative estimate of drug-likeness (QED) is 0.291. The molecular weight excluding hydrogens is 451 g/mol. The highest BCUT2D eigenvalue weighted by molar-refractivity contribution is 14.0. The monoisotopic (exact) mass is 484 g/mol. The van der Waals surface area contributed by atoms with E-state index in [4.69, 9.17) is 4.74 Å². The number of benzene rings is 1. The molecule has 1 aromatic carbocycles. The molecule has 0 saturated carbocycles. The molecule has 2 N–H and O–H groups in total. The number of aliphatic imine (C=N–C) groups is 1. The van der Waals surface area contributed by atoms with Crippen LogP contribution in [0.15, 0.2) is 40.9 Å². The van der Waals surface area contributed by atoms with Gasteiger partial charge in [-0.15, -0.1) is 24.0 Å². The maximum atomic E-state index is 5.36. The van der Waals surface area contributed by atoms with Crippen molar-refractivity contribution in [2.45, 2.75) is 38.6 Å². The zero-order valence-electron chi connectivity index (χ0n) is 16.5. The van der Waals surface area contributed by atoms with Crippen molar-refractivity contribution in [2.24, 2.45) is 4.99 Å². The van der Waals surface area contributed by atoms with Gasteiger partial charge in [0.1, 0.15) is 0 Å². The predicted molar refractivity (Wildman–Crippen MR) is 124 cm³/mol. The fraction of sp³-hybridized carbons (Fsp3) is 0.571. The first-order valence-corrected chi connectivity index (χ1v) is 9.79. The van der Waals surface area contributed by atoms with Gasteiger partial charge in [-0.2, -0.15) is 0 Å². The van der Waals surface area contributed by atoms with Gasteiger partial charge >= 0.3 is 0 Å². The Kier molecular flexibility index (Phi) is 9.41. The highest BCUT2D eigenvalue weighted by Gasteiger charge is 2.21. The number of guanidine groups is 1. The second kappa shape index (κ2) is 11.5. The molecule has 1 saturated heterocycles. The molecule has 1 unspecified atom stereocenters. The maximum absolute atomic E-state index is 5.36. The van der Waals surface area contributed by atoms with E-state index in [1.54, 1.807) is 0 Å². The lowest BCUT2D eigenvalue weighted by molar-refractivity contribution is 0.153. The van der Waals surface area contributed by atoms with Gasteiger partial charge in [0.25, 0.3) is 0 Å². The summed E-state index contributed by atoms with van der Waals surface area (Å²) in [6, 6.07) is 9.27. The van der Waals surface area contributed by atoms with Crippen molar-refractivity contribution in [1.29, 1.82) is 0 Å². The molecule has 2 aliphatic heterocycles. The molecule has 1 aromatic rings. The number of nitrogens with zero attached hydrogens (tertiary/aromatic N) is 2. The van der Waals surface area contributed by atoms with E-state index in [0.717, 1.165) is 51.6 Å². The Labute approximate surface area is 180 Å². The van der Waals surface area contributed by atoms with Crippen LogP contribution in [-0.4, -0.2) is 51.9 Å². The van der Waals surface area contributed by atoms with E-state index in [9.17, 15) is 0 Å². The van der Waals surface area contributed by atoms with E-state index in [1.165, 1.54) is 29.7 Å². The van der Waals surface area contributed by atoms with E-state index < -0.39 is 0 Å². The number of halogens is 1. The minimum absolute atomic E-state index is 0. The third kappa shape index (κ3) is 6.99. The van der Waals surface area contributed by atoms with Crippen LogP contribution in [0.2, 0.25) is 0 Å². The molecule has 2 aliphatic rings. The molecule has 2 heterocycles. The lowest BCUT2D eigenvalue weighted by Crippen LogP contribution is -2.51. The normalized spacial score (nSPS) is 20.5. The zero-order valence-corrected chi connectivity index (χ0v) is 18.9. The number of nitrogens with one attached hydrogen (secondary N) is 2. The van der Waals surface area contributed by atoms with Crippen molar-refractivity contribution in [3.63, 3.8) is 0 Å². The third-order valence-electron chi connectivity index (χ3n) is 5.18. The molecule has 0 spiro atoms. The molecule has 150 valence electrons. The molecule has 1 atom stereocenters. The number of piperidine rings is 1. The summed E-state index contributed by atoms with van der Waals surface area (Å²) in [5, 5.41) is 7.07. The average molecular weight is 484 g/mol. The summed E-state index contributed by atoms with van der Waals surface area (Å²) in [6.07, 6.45) is 6.72. The van der Waals surface area contributed by atoms with Gasteiger partial charge in [-0.1, -0.05) is 29.3 Å². The number of anilines is 1. The summed E-state index contributed by atoms with van der Waals surface area (Å²) in [4.78, 5) is 6.88. The minimum Gasteiger partial charge on any atom is -0.377 e. The summed E-state index contributed by atoms with van der Waals surface area (Å²) >= 11 is 0. The van der Waals surface area contributed by atoms with Crippen molar-refractivity contribution in [2.75, 3.05) is 44.8 Å². The Bertz CT molecular complexity index is 630. The fourth-order valence-corrected chi connectivity index (χ4v) is 3.61. The van der Waals surface area contributed by atoms with E-state index in [-0.39, 0.29) is 24.0 Å². The zero-order chi connectivity index (χ0) is 18.2. The first-order chi connectivity index (χ1) is 12.7. The van der Waals surface area contributed by atoms with E-state index in [0.29, 0.717) is 6.04 Å². The Morgan fingerprint density at radius 3 is 2.81 bits per heavy atom. The average Bonchev–Trinajstić information content (AvgIpc) is 2.69. The first kappa shape index (κ1) is 22.0. The van der Waals surface area contributed by atoms with Crippen LogP contribution in [0.5, 0.6) is 0 Å². The molecule has 5 nitrogen and oxygen atoms in total. The van der Waals surface area contributed by atoms with E-state index in [1.807, 2.05) is 7.05 Å². The number of rotatable bonds is 5. The summed E-state index contributed by atoms with van der Waals surface area (Å²) in [5.41, 5.74) is 4.11. The van der Waals surface area contributed by atoms with Crippen molar-refractivity contribution in [1.82, 2.24) is 10.6 Å². The second-order valence-corrected chi connectivity index (χ2v) is 7.20. The Balaban J connectivity index is 0.00000261. The molecule has 3 rings (SSSR count). The molecule has 27 heavy (non-hydrogen) atoms. The van der Waals surface area contributed by atoms with Gasteiger partial charge in [0.15, 0.2) is 5.96 Å². The molecule has 0 aliphatic carbocycles. The number of hydrogen-bond acceptors (Lipinski definition) is 3. The molecular formula is C21H33IN4O. The predicted octanol–water partition coefficient (Wildman–Crippen LogP) is 3.48. The topological polar surface area (TPSA) is 48.9 Å². The van der Waals surface area contributed by atoms with Gasteiger partial charge in [-0.3, -0.25) is 4.99 Å². The molecule has 6 heteroatoms. The third-order valence-corrected chi connectivity index (χ3v) is 5.18. The van der Waals surface area contributed by atoms with Gasteiger partial charge < -0.3 is 20.3 Å². The van der Waals surface area contributed by atoms with E-state index in [2.05, 4.69) is 57.8 Å². The molecule has 0 aromatic heterocycles. The molecule has 0 amide bonds. The summed E-state index contributed by atoms with van der Waals surface area (Å²) < 4.78 is 5.36. The maximum Gasteiger partial charge on any atom is 0.191 e. The molecule has 0 bridgehead atoms. The van der Waals surface area contributed by atoms with Crippen LogP contribution < -0.4 is 15.5 Å². The van der Waals surface area contributed by atoms with Crippen molar-refractivity contribution in [3.8, 4) is 0 Å². The standard InChI is InChI=1S/C21H32N4O.HI/c1-17-5-7-20(8-6-17)25-13-3-4-19(16-25)24-21(22-2)23-12-9-18-10-14-26-15-11-18;/h5-8,10,19H,3-4,9,11-16H2,1-2H3,(H2,22,23,24);1H. The van der Waals surface area contributed by atoms with Crippen LogP contribution in [0.4, 0.5) is 5.69 Å². The largest absolute Gasteiger partial charge is 0.377 e. The van der Waals surface area contributed by atoms with Gasteiger partial charge in [-0.05, 0) is 44.7 Å². The van der Waals surface area contributed by atoms with Crippen LogP contribution in [0.1, 0.15) is 31.2 Å². The summed E-state index contributed by atoms with van der Waals surface area (Å²) in [7, 11) is 1.85. The number of aryl methyl sites for hydroxylation is 1. The van der Waals surface area contributed by atoms with Crippen molar-refractivity contribution in [3.05, 3.63) is 41.5 Å². The first-order valence-electron chi connectivity index (χ1n) is 9.79.